The van der Waals surface area contributed by atoms with Crippen LogP contribution in [-0.4, -0.2) is 21.2 Å². The Morgan fingerprint density at radius 2 is 1.49 bits per heavy atom. The Kier molecular flexibility index (Phi) is 7.48. The second-order valence-corrected chi connectivity index (χ2v) is 11.8. The molecule has 5 nitrogen and oxygen atoms in total. The molecule has 0 bridgehead atoms. The number of hydrogen-bond donors (Lipinski definition) is 1. The van der Waals surface area contributed by atoms with Crippen LogP contribution >= 0.6 is 0 Å². The molecule has 0 atom stereocenters. The van der Waals surface area contributed by atoms with Crippen LogP contribution in [0.5, 0.6) is 0 Å². The summed E-state index contributed by atoms with van der Waals surface area (Å²) in [4.78, 5) is 14.4. The highest BCUT2D eigenvalue weighted by atomic mass is 15.0. The Morgan fingerprint density at radius 3 is 2.30 bits per heavy atom. The molecule has 7 aromatic rings. The number of amidine groups is 2. The second kappa shape index (κ2) is 12.4. The summed E-state index contributed by atoms with van der Waals surface area (Å²) in [6.45, 7) is 0.456. The molecule has 47 heavy (non-hydrogen) atoms. The van der Waals surface area contributed by atoms with Crippen LogP contribution in [0.4, 0.5) is 0 Å². The van der Waals surface area contributed by atoms with Crippen LogP contribution in [0.25, 0.3) is 49.4 Å². The largest absolute Gasteiger partial charge is 0.383 e. The van der Waals surface area contributed by atoms with Crippen molar-refractivity contribution in [2.24, 2.45) is 15.7 Å². The molecule has 0 amide bonds. The molecule has 5 aromatic carbocycles. The number of pyridine rings is 1. The zero-order valence-corrected chi connectivity index (χ0v) is 25.9. The minimum Gasteiger partial charge on any atom is -0.383 e. The lowest BCUT2D eigenvalue weighted by molar-refractivity contribution is 1.03. The van der Waals surface area contributed by atoms with Gasteiger partial charge < -0.3 is 10.3 Å². The molecule has 1 aliphatic carbocycles. The minimum absolute atomic E-state index is 0.456. The van der Waals surface area contributed by atoms with E-state index in [4.69, 9.17) is 15.7 Å². The fraction of sp³-hybridized carbons (Fsp3) is 0.0714. The van der Waals surface area contributed by atoms with Crippen LogP contribution in [0, 0.1) is 0 Å². The molecule has 0 fully saturated rings. The topological polar surface area (TPSA) is 68.6 Å². The molecule has 0 saturated carbocycles. The van der Waals surface area contributed by atoms with Crippen molar-refractivity contribution < 1.29 is 0 Å². The van der Waals surface area contributed by atoms with Gasteiger partial charge in [0.2, 0.25) is 0 Å². The summed E-state index contributed by atoms with van der Waals surface area (Å²) in [5.41, 5.74) is 15.2. The zero-order chi connectivity index (χ0) is 31.6. The van der Waals surface area contributed by atoms with E-state index in [1.54, 1.807) is 0 Å². The summed E-state index contributed by atoms with van der Waals surface area (Å²) in [5.74, 6) is 1.11. The average molecular weight is 608 g/mol. The number of aromatic nitrogens is 2. The summed E-state index contributed by atoms with van der Waals surface area (Å²) in [6, 6.07) is 42.5. The Morgan fingerprint density at radius 1 is 0.745 bits per heavy atom. The molecular formula is C42H33N5. The first-order valence-corrected chi connectivity index (χ1v) is 16.0. The summed E-state index contributed by atoms with van der Waals surface area (Å²) in [5, 5.41) is 4.72. The van der Waals surface area contributed by atoms with Crippen molar-refractivity contribution in [3.8, 4) is 16.8 Å². The molecule has 1 aliphatic rings. The molecule has 2 N–H and O–H groups in total. The van der Waals surface area contributed by atoms with E-state index in [-0.39, 0.29) is 0 Å². The highest BCUT2D eigenvalue weighted by molar-refractivity contribution is 6.12. The summed E-state index contributed by atoms with van der Waals surface area (Å²) < 4.78 is 2.31. The maximum absolute atomic E-state index is 6.52. The molecule has 2 aromatic heterocycles. The van der Waals surface area contributed by atoms with Gasteiger partial charge in [0.15, 0.2) is 5.84 Å². The van der Waals surface area contributed by atoms with Gasteiger partial charge >= 0.3 is 0 Å². The molecule has 0 unspecified atom stereocenters. The van der Waals surface area contributed by atoms with Crippen molar-refractivity contribution in [3.05, 3.63) is 169 Å². The lowest BCUT2D eigenvalue weighted by Gasteiger charge is -2.14. The first kappa shape index (κ1) is 28.4. The number of para-hydroxylation sites is 1. The molecular weight excluding hydrogens is 574 g/mol. The van der Waals surface area contributed by atoms with E-state index >= 15 is 0 Å². The van der Waals surface area contributed by atoms with Gasteiger partial charge in [-0.1, -0.05) is 103 Å². The van der Waals surface area contributed by atoms with E-state index in [1.165, 1.54) is 16.2 Å². The normalized spacial score (nSPS) is 13.8. The lowest BCUT2D eigenvalue weighted by atomic mass is 9.95. The van der Waals surface area contributed by atoms with E-state index in [9.17, 15) is 0 Å². The third-order valence-corrected chi connectivity index (χ3v) is 8.83. The molecule has 0 spiro atoms. The van der Waals surface area contributed by atoms with Crippen LogP contribution < -0.4 is 5.73 Å². The van der Waals surface area contributed by atoms with E-state index in [1.807, 2.05) is 48.8 Å². The Hall–Kier alpha value is -6.07. The number of aliphatic imine (C=N–C) groups is 2. The Labute approximate surface area is 273 Å². The zero-order valence-electron chi connectivity index (χ0n) is 25.9. The van der Waals surface area contributed by atoms with Crippen molar-refractivity contribution in [1.82, 2.24) is 9.55 Å². The SMILES string of the molecule is NC(=NC(=NCc1cc2ccccc2cc1-c1ccc(-n2c3ccccc3c3cnccc32)cc1)c1ccccc1)C1=CCCC=C1. The first-order valence-electron chi connectivity index (χ1n) is 16.0. The molecule has 8 rings (SSSR count). The first-order chi connectivity index (χ1) is 23.2. The molecule has 5 heteroatoms. The van der Waals surface area contributed by atoms with Gasteiger partial charge in [-0.15, -0.1) is 0 Å². The maximum atomic E-state index is 6.52. The fourth-order valence-corrected chi connectivity index (χ4v) is 6.49. The fourth-order valence-electron chi connectivity index (χ4n) is 6.49. The number of nitrogens with zero attached hydrogens (tertiary/aromatic N) is 4. The van der Waals surface area contributed by atoms with Gasteiger partial charge in [0.25, 0.3) is 0 Å². The molecule has 2 heterocycles. The quantitative estimate of drug-likeness (QED) is 0.151. The highest BCUT2D eigenvalue weighted by Gasteiger charge is 2.14. The Balaban J connectivity index is 1.21. The van der Waals surface area contributed by atoms with Crippen LogP contribution in [0.1, 0.15) is 24.0 Å². The van der Waals surface area contributed by atoms with Gasteiger partial charge in [-0.2, -0.15) is 0 Å². The van der Waals surface area contributed by atoms with E-state index in [0.29, 0.717) is 18.2 Å². The van der Waals surface area contributed by atoms with Crippen LogP contribution in [0.2, 0.25) is 0 Å². The third-order valence-electron chi connectivity index (χ3n) is 8.83. The van der Waals surface area contributed by atoms with Gasteiger partial charge in [-0.25, -0.2) is 4.99 Å². The van der Waals surface area contributed by atoms with Crippen molar-refractivity contribution >= 4 is 44.2 Å². The van der Waals surface area contributed by atoms with E-state index < -0.39 is 0 Å². The van der Waals surface area contributed by atoms with Gasteiger partial charge in [-0.3, -0.25) is 9.98 Å². The maximum Gasteiger partial charge on any atom is 0.157 e. The van der Waals surface area contributed by atoms with Gasteiger partial charge in [0.1, 0.15) is 5.84 Å². The lowest BCUT2D eigenvalue weighted by Crippen LogP contribution is -2.17. The third kappa shape index (κ3) is 5.53. The smallest absolute Gasteiger partial charge is 0.157 e. The number of allylic oxidation sites excluding steroid dienone is 2. The average Bonchev–Trinajstić information content (AvgIpc) is 3.48. The van der Waals surface area contributed by atoms with Gasteiger partial charge in [0.05, 0.1) is 17.6 Å². The standard InChI is InChI=1S/C42H33N5/c43-41(30-11-3-1-4-12-30)46-42(31-13-5-2-6-14-31)45-27-34-25-32-15-7-8-16-33(32)26-37(34)29-19-21-35(22-20-29)47-39-18-10-9-17-36(39)38-28-44-24-23-40(38)47/h2-3,5-26,28H,1,4,27H2,(H2,43,45,46). The number of fused-ring (bicyclic) bond motifs is 4. The number of hydrogen-bond acceptors (Lipinski definition) is 2. The summed E-state index contributed by atoms with van der Waals surface area (Å²) in [6.07, 6.45) is 12.1. The second-order valence-electron chi connectivity index (χ2n) is 11.8. The summed E-state index contributed by atoms with van der Waals surface area (Å²) >= 11 is 0. The summed E-state index contributed by atoms with van der Waals surface area (Å²) in [7, 11) is 0. The minimum atomic E-state index is 0.456. The van der Waals surface area contributed by atoms with Crippen molar-refractivity contribution in [2.45, 2.75) is 19.4 Å². The van der Waals surface area contributed by atoms with E-state index in [2.05, 4.69) is 113 Å². The molecule has 0 radical (unpaired) electrons. The number of rotatable bonds is 6. The molecule has 226 valence electrons. The van der Waals surface area contributed by atoms with Gasteiger partial charge in [-0.05, 0) is 76.7 Å². The van der Waals surface area contributed by atoms with Crippen molar-refractivity contribution in [2.75, 3.05) is 0 Å². The number of nitrogens with two attached hydrogens (primary N) is 1. The molecule has 0 saturated heterocycles. The van der Waals surface area contributed by atoms with Crippen molar-refractivity contribution in [1.29, 1.82) is 0 Å². The number of benzene rings is 5. The Bertz CT molecular complexity index is 2320. The van der Waals surface area contributed by atoms with Crippen LogP contribution in [-0.2, 0) is 6.54 Å². The molecule has 0 aliphatic heterocycles. The highest BCUT2D eigenvalue weighted by Crippen LogP contribution is 2.34. The van der Waals surface area contributed by atoms with E-state index in [0.717, 1.165) is 62.8 Å². The van der Waals surface area contributed by atoms with Crippen molar-refractivity contribution in [3.63, 3.8) is 0 Å². The predicted octanol–water partition coefficient (Wildman–Crippen LogP) is 9.58. The predicted molar refractivity (Wildman–Crippen MR) is 196 cm³/mol. The van der Waals surface area contributed by atoms with Crippen LogP contribution in [0.3, 0.4) is 0 Å². The van der Waals surface area contributed by atoms with Crippen LogP contribution in [0.15, 0.2) is 168 Å². The monoisotopic (exact) mass is 607 g/mol. The van der Waals surface area contributed by atoms with Gasteiger partial charge in [0, 0.05) is 40.0 Å².